The van der Waals surface area contributed by atoms with Crippen molar-refractivity contribution in [2.45, 2.75) is 171 Å². The van der Waals surface area contributed by atoms with Gasteiger partial charge in [-0.3, -0.25) is 67.7 Å². The Labute approximate surface area is 630 Å². The molecule has 11 amide bonds. The van der Waals surface area contributed by atoms with Gasteiger partial charge in [0.05, 0.1) is 12.6 Å². The third kappa shape index (κ3) is 30.4. The van der Waals surface area contributed by atoms with Crippen LogP contribution in [0.15, 0.2) is 69.7 Å². The summed E-state index contributed by atoms with van der Waals surface area (Å²) in [6.07, 6.45) is 4.27. The minimum Gasteiger partial charge on any atom is -0.508 e. The molecule has 2 aromatic carbocycles. The Morgan fingerprint density at radius 2 is 1.09 bits per heavy atom. The van der Waals surface area contributed by atoms with Crippen LogP contribution in [0, 0.1) is 11.8 Å². The third-order valence-electron chi connectivity index (χ3n) is 16.9. The lowest BCUT2D eigenvalue weighted by molar-refractivity contribution is -0.143. The topological polar surface area (TPSA) is 604 Å². The van der Waals surface area contributed by atoms with E-state index in [0.717, 1.165) is 10.9 Å². The molecule has 11 atom stereocenters. The van der Waals surface area contributed by atoms with Gasteiger partial charge >= 0.3 is 5.97 Å². The minimum atomic E-state index is -1.51. The number of fused-ring (bicyclic) bond motifs is 1. The van der Waals surface area contributed by atoms with Gasteiger partial charge in [-0.15, -0.1) is 0 Å². The number of para-hydroxylation sites is 1. The number of nitrogens with one attached hydrogen (secondary N) is 11. The summed E-state index contributed by atoms with van der Waals surface area (Å²) in [6.45, 7) is 6.32. The number of aliphatic carboxylic acids is 1. The predicted octanol–water partition coefficient (Wildman–Crippen LogP) is -3.98. The number of hydrogen-bond acceptors (Lipinski definition) is 20. The molecular formula is C67H106N22O14S3. The van der Waals surface area contributed by atoms with Gasteiger partial charge < -0.3 is 113 Å². The third-order valence-corrected chi connectivity index (χ3v) is 18.3. The van der Waals surface area contributed by atoms with Crippen molar-refractivity contribution in [2.24, 2.45) is 66.9 Å². The maximum atomic E-state index is 14.9. The maximum Gasteiger partial charge on any atom is 0.326 e. The molecule has 586 valence electrons. The summed E-state index contributed by atoms with van der Waals surface area (Å²) in [7, 11) is 0. The SMILES string of the molecule is CSCC[C@H](NC(=O)[C@H](CS)NC(=O)[C@@H](N)CCCN=C(N)N)C(=O)N[C@@H](CC(C)C)C(=O)NCC(=O)N[C@@H](CCCN=C(N)N)C(=O)N[C@H](C(=O)N[C@@H](Cc1ccc(O)cc1)C(=O)N[C@@H](CCCN=C(N)N)C(=O)N1CCC[C@H]1C(=O)N[C@@H](CS)C(=O)N[C@@H](Cc1c[nH]c2ccccc12)C(=O)O)C(C)C. The number of aromatic hydroxyl groups is 1. The summed E-state index contributed by atoms with van der Waals surface area (Å²) in [5.41, 5.74) is 41.0. The molecule has 3 aromatic rings. The fraction of sp³-hybridized carbons (Fsp3) is 0.567. The predicted molar refractivity (Wildman–Crippen MR) is 409 cm³/mol. The Hall–Kier alpha value is -9.76. The fourth-order valence-electron chi connectivity index (χ4n) is 11.3. The zero-order valence-corrected chi connectivity index (χ0v) is 62.9. The van der Waals surface area contributed by atoms with E-state index in [2.05, 4.69) is 98.4 Å². The molecule has 0 bridgehead atoms. The average Bonchev–Trinajstić information content (AvgIpc) is 1.71. The number of hydrogen-bond donors (Lipinski definition) is 22. The largest absolute Gasteiger partial charge is 0.508 e. The first-order valence-corrected chi connectivity index (χ1v) is 37.4. The summed E-state index contributed by atoms with van der Waals surface area (Å²) in [6, 6.07) is -1.46. The van der Waals surface area contributed by atoms with E-state index >= 15 is 0 Å². The highest BCUT2D eigenvalue weighted by atomic mass is 32.2. The molecule has 0 radical (unpaired) electrons. The second-order valence-corrected chi connectivity index (χ2v) is 27.9. The van der Waals surface area contributed by atoms with Crippen LogP contribution in [0.5, 0.6) is 5.75 Å². The number of thioether (sulfide) groups is 1. The number of amides is 11. The number of thiol groups is 2. The molecule has 39 heteroatoms. The molecule has 0 unspecified atom stereocenters. The first-order chi connectivity index (χ1) is 50.3. The zero-order chi connectivity index (χ0) is 78.7. The number of phenolic OH excluding ortho intramolecular Hbond substituents is 1. The van der Waals surface area contributed by atoms with Crippen LogP contribution in [0.4, 0.5) is 0 Å². The summed E-state index contributed by atoms with van der Waals surface area (Å²) >= 11 is 9.92. The van der Waals surface area contributed by atoms with E-state index in [1.165, 1.54) is 40.9 Å². The lowest BCUT2D eigenvalue weighted by Crippen LogP contribution is -2.61. The fourth-order valence-corrected chi connectivity index (χ4v) is 12.3. The van der Waals surface area contributed by atoms with Crippen LogP contribution in [0.2, 0.25) is 0 Å². The summed E-state index contributed by atoms with van der Waals surface area (Å²) in [5, 5.41) is 47.4. The minimum absolute atomic E-state index is 0.0000266. The second kappa shape index (κ2) is 45.6. The Balaban J connectivity index is 1.54. The van der Waals surface area contributed by atoms with E-state index < -0.39 is 150 Å². The van der Waals surface area contributed by atoms with Crippen LogP contribution in [-0.4, -0.2) is 232 Å². The van der Waals surface area contributed by atoms with Crippen molar-refractivity contribution < 1.29 is 67.7 Å². The molecule has 27 N–H and O–H groups in total. The van der Waals surface area contributed by atoms with E-state index in [1.54, 1.807) is 52.3 Å². The van der Waals surface area contributed by atoms with E-state index in [4.69, 9.17) is 40.1 Å². The maximum absolute atomic E-state index is 14.9. The number of phenols is 1. The van der Waals surface area contributed by atoms with Crippen molar-refractivity contribution in [3.8, 4) is 5.75 Å². The van der Waals surface area contributed by atoms with Crippen molar-refractivity contribution in [1.29, 1.82) is 0 Å². The standard InChI is InChI=1S/C67H106N22O14S3/c1-35(2)28-46(83-56(94)44(22-27-106-5)81-59(97)49(33-104)86-54(92)41(68)13-8-23-75-65(69)70)55(93)79-32-52(91)80-43(15-9-24-76-66(71)72)57(95)88-53(36(3)4)62(100)84-47(29-37-18-20-39(90)21-19-37)58(96)82-45(16-10-25-77-67(73)74)63(101)89-26-11-17-51(89)61(99)87-50(34-105)60(98)85-48(64(102)103)30-38-31-78-42-14-7-6-12-40(38)42/h6-7,12,14,18-21,31,35-36,41,43-51,53,78,90,104-105H,8-11,13,15-17,22-30,32-34,68H2,1-5H3,(H,79,93)(H,80,91)(H,81,97)(H,82,96)(H,83,94)(H,84,100)(H,85,98)(H,86,92)(H,87,99)(H,88,95)(H,102,103)(H4,69,70,75)(H4,71,72,76)(H4,73,74,77)/t41-,43-,44-,45-,46-,47-,48-,49-,50-,51-,53-/m0/s1. The van der Waals surface area contributed by atoms with Crippen LogP contribution >= 0.6 is 37.0 Å². The number of carbonyl (C=O) groups is 12. The number of carbonyl (C=O) groups excluding carboxylic acids is 11. The van der Waals surface area contributed by atoms with Gasteiger partial charge in [-0.2, -0.15) is 37.0 Å². The summed E-state index contributed by atoms with van der Waals surface area (Å²) in [4.78, 5) is 184. The number of carboxylic acid groups (broad SMARTS) is 1. The molecule has 1 aliphatic rings. The molecule has 1 fully saturated rings. The van der Waals surface area contributed by atoms with E-state index in [9.17, 15) is 67.7 Å². The number of likely N-dealkylation sites (tertiary alicyclic amines) is 1. The summed E-state index contributed by atoms with van der Waals surface area (Å²) in [5.74, 6) is -11.8. The number of benzene rings is 2. The van der Waals surface area contributed by atoms with Gasteiger partial charge in [0.2, 0.25) is 65.0 Å². The molecule has 4 rings (SSSR count). The van der Waals surface area contributed by atoms with Gasteiger partial charge in [0.25, 0.3) is 0 Å². The highest BCUT2D eigenvalue weighted by molar-refractivity contribution is 7.98. The normalized spacial score (nSPS) is 15.4. The smallest absolute Gasteiger partial charge is 0.326 e. The molecular weight excluding hydrogens is 1430 g/mol. The van der Waals surface area contributed by atoms with Gasteiger partial charge in [0.1, 0.15) is 66.2 Å². The zero-order valence-electron chi connectivity index (χ0n) is 60.3. The van der Waals surface area contributed by atoms with Crippen LogP contribution in [0.1, 0.15) is 103 Å². The molecule has 2 heterocycles. The number of nitrogens with zero attached hydrogens (tertiary/aromatic N) is 4. The lowest BCUT2D eigenvalue weighted by atomic mass is 9.99. The quantitative estimate of drug-likeness (QED) is 0.0111. The molecule has 1 aromatic heterocycles. The van der Waals surface area contributed by atoms with Crippen LogP contribution in [-0.2, 0) is 70.4 Å². The van der Waals surface area contributed by atoms with Crippen molar-refractivity contribution >= 4 is 137 Å². The molecule has 0 aliphatic carbocycles. The van der Waals surface area contributed by atoms with Gasteiger partial charge in [0, 0.05) is 67.6 Å². The van der Waals surface area contributed by atoms with Crippen LogP contribution in [0.25, 0.3) is 10.9 Å². The monoisotopic (exact) mass is 1540 g/mol. The van der Waals surface area contributed by atoms with Gasteiger partial charge in [-0.05, 0) is 117 Å². The number of aromatic nitrogens is 1. The molecule has 1 saturated heterocycles. The Bertz CT molecular complexity index is 3550. The lowest BCUT2D eigenvalue weighted by Gasteiger charge is -2.31. The van der Waals surface area contributed by atoms with Gasteiger partial charge in [-0.1, -0.05) is 58.0 Å². The van der Waals surface area contributed by atoms with Crippen LogP contribution < -0.4 is 93.3 Å². The van der Waals surface area contributed by atoms with Crippen molar-refractivity contribution in [2.75, 3.05) is 56.2 Å². The number of rotatable bonds is 46. The van der Waals surface area contributed by atoms with Crippen molar-refractivity contribution in [3.05, 3.63) is 65.9 Å². The van der Waals surface area contributed by atoms with Gasteiger partial charge in [-0.25, -0.2) is 4.79 Å². The first kappa shape index (κ1) is 88.6. The van der Waals surface area contributed by atoms with Gasteiger partial charge in [0.15, 0.2) is 17.9 Å². The Morgan fingerprint density at radius 1 is 0.585 bits per heavy atom. The Morgan fingerprint density at radius 3 is 1.67 bits per heavy atom. The number of H-pyrrole nitrogens is 1. The van der Waals surface area contributed by atoms with E-state index in [1.807, 2.05) is 12.1 Å². The average molecular weight is 1540 g/mol. The van der Waals surface area contributed by atoms with E-state index in [-0.39, 0.29) is 131 Å². The van der Waals surface area contributed by atoms with Crippen molar-refractivity contribution in [1.82, 2.24) is 63.1 Å². The molecule has 0 saturated carbocycles. The molecule has 36 nitrogen and oxygen atoms in total. The highest BCUT2D eigenvalue weighted by Gasteiger charge is 2.41. The first-order valence-electron chi connectivity index (χ1n) is 34.8. The van der Waals surface area contributed by atoms with Crippen molar-refractivity contribution in [3.63, 3.8) is 0 Å². The number of carboxylic acids is 1. The number of aromatic amines is 1. The number of nitrogens with two attached hydrogens (primary N) is 7. The number of guanidine groups is 3. The molecule has 106 heavy (non-hydrogen) atoms. The van der Waals surface area contributed by atoms with E-state index in [0.29, 0.717) is 29.7 Å². The molecule has 0 spiro atoms. The van der Waals surface area contributed by atoms with Crippen LogP contribution in [0.3, 0.4) is 0 Å². The number of aliphatic imine (C=N–C) groups is 3. The highest BCUT2D eigenvalue weighted by Crippen LogP contribution is 2.23. The summed E-state index contributed by atoms with van der Waals surface area (Å²) < 4.78 is 0. The Kier molecular flexibility index (Phi) is 38.1. The molecule has 1 aliphatic heterocycles. The second-order valence-electron chi connectivity index (χ2n) is 26.2.